The molecule has 2 atom stereocenters. The average Bonchev–Trinajstić information content (AvgIpc) is 2.83. The van der Waals surface area contributed by atoms with Crippen molar-refractivity contribution in [2.75, 3.05) is 38.7 Å². The number of methoxy groups -OCH3 is 1. The van der Waals surface area contributed by atoms with Gasteiger partial charge in [0.15, 0.2) is 5.76 Å². The van der Waals surface area contributed by atoms with Gasteiger partial charge in [-0.05, 0) is 48.4 Å². The lowest BCUT2D eigenvalue weighted by molar-refractivity contribution is -0.145. The van der Waals surface area contributed by atoms with Crippen LogP contribution in [-0.2, 0) is 24.3 Å². The summed E-state index contributed by atoms with van der Waals surface area (Å²) >= 11 is 0. The third-order valence-electron chi connectivity index (χ3n) is 5.09. The van der Waals surface area contributed by atoms with Crippen molar-refractivity contribution in [2.24, 2.45) is 5.92 Å². The van der Waals surface area contributed by atoms with Gasteiger partial charge in [-0.2, -0.15) is 4.31 Å². The molecule has 0 saturated carbocycles. The van der Waals surface area contributed by atoms with Crippen LogP contribution in [0, 0.1) is 5.92 Å². The van der Waals surface area contributed by atoms with Gasteiger partial charge in [0.25, 0.3) is 5.91 Å². The van der Waals surface area contributed by atoms with E-state index in [1.165, 1.54) is 25.4 Å². The summed E-state index contributed by atoms with van der Waals surface area (Å²) < 4.78 is 43.7. The number of aliphatic hydroxyl groups excluding tert-OH is 1. The van der Waals surface area contributed by atoms with E-state index < -0.39 is 22.2 Å². The summed E-state index contributed by atoms with van der Waals surface area (Å²) in [6.07, 6.45) is 4.64. The number of nitrogens with zero attached hydrogens (tertiary/aromatic N) is 2. The Morgan fingerprint density at radius 3 is 2.68 bits per heavy atom. The van der Waals surface area contributed by atoms with E-state index in [1.807, 2.05) is 6.92 Å². The minimum absolute atomic E-state index is 0.00406. The molecule has 0 bridgehead atoms. The lowest BCUT2D eigenvalue weighted by atomic mass is 10.0. The molecule has 1 aliphatic heterocycles. The monoisotopic (exact) mass is 491 g/mol. The molecular formula is C23H29N3O7S. The molecule has 0 radical (unpaired) electrons. The van der Waals surface area contributed by atoms with E-state index in [0.29, 0.717) is 17.9 Å². The Hall–Kier alpha value is -2.99. The molecule has 1 aromatic heterocycles. The summed E-state index contributed by atoms with van der Waals surface area (Å²) in [6, 6.07) is 9.43. The van der Waals surface area contributed by atoms with Crippen molar-refractivity contribution in [3.05, 3.63) is 60.6 Å². The normalized spacial score (nSPS) is 18.2. The van der Waals surface area contributed by atoms with E-state index in [9.17, 15) is 18.3 Å². The number of carbonyl (C=O) groups excluding carboxylic acids is 1. The molecule has 0 spiro atoms. The Bertz CT molecular complexity index is 1080. The number of hydrogen-bond donors (Lipinski definition) is 2. The van der Waals surface area contributed by atoms with Gasteiger partial charge in [-0.25, -0.2) is 8.42 Å². The van der Waals surface area contributed by atoms with E-state index in [2.05, 4.69) is 10.3 Å². The smallest absolute Gasteiger partial charge is 0.290 e. The molecular weight excluding hydrogens is 462 g/mol. The number of aromatic nitrogens is 1. The highest BCUT2D eigenvalue weighted by Crippen LogP contribution is 2.24. The Morgan fingerprint density at radius 2 is 2.03 bits per heavy atom. The Balaban J connectivity index is 1.58. The molecule has 1 aliphatic rings. The van der Waals surface area contributed by atoms with Crippen LogP contribution >= 0.6 is 0 Å². The van der Waals surface area contributed by atoms with Crippen LogP contribution in [0.15, 0.2) is 65.5 Å². The molecule has 10 nitrogen and oxygen atoms in total. The molecule has 1 amide bonds. The topological polar surface area (TPSA) is 127 Å². The predicted octanol–water partition coefficient (Wildman–Crippen LogP) is 1.99. The van der Waals surface area contributed by atoms with Gasteiger partial charge in [0.2, 0.25) is 16.3 Å². The van der Waals surface area contributed by atoms with Gasteiger partial charge in [0.1, 0.15) is 5.75 Å². The standard InChI is InChI=1S/C23H29N3O7S/c1-17-14-21(23(28)25-18-4-3-9-24-16-18)33-22(15-17)32-13-11-26(10-12-27)34(29,30)20-7-5-19(31-2)6-8-20/h3-9,14,16-17,22,27H,10-13,15H2,1-2H3,(H,25,28)/t17-,22+/m0/s1. The molecule has 0 saturated heterocycles. The number of anilines is 1. The highest BCUT2D eigenvalue weighted by molar-refractivity contribution is 7.89. The van der Waals surface area contributed by atoms with Crippen molar-refractivity contribution < 1.29 is 32.5 Å². The molecule has 0 unspecified atom stereocenters. The van der Waals surface area contributed by atoms with Gasteiger partial charge < -0.3 is 24.6 Å². The minimum Gasteiger partial charge on any atom is -0.497 e. The second kappa shape index (κ2) is 11.9. The molecule has 184 valence electrons. The van der Waals surface area contributed by atoms with E-state index in [0.717, 1.165) is 4.31 Å². The maximum absolute atomic E-state index is 13.0. The number of hydrogen-bond acceptors (Lipinski definition) is 8. The van der Waals surface area contributed by atoms with Crippen LogP contribution in [0.2, 0.25) is 0 Å². The molecule has 2 heterocycles. The zero-order chi connectivity index (χ0) is 24.6. The highest BCUT2D eigenvalue weighted by atomic mass is 32.2. The van der Waals surface area contributed by atoms with E-state index in [4.69, 9.17) is 14.2 Å². The van der Waals surface area contributed by atoms with Gasteiger partial charge in [-0.1, -0.05) is 6.92 Å². The van der Waals surface area contributed by atoms with Crippen LogP contribution in [0.4, 0.5) is 5.69 Å². The summed E-state index contributed by atoms with van der Waals surface area (Å²) in [7, 11) is -2.35. The third kappa shape index (κ3) is 6.76. The number of nitrogens with one attached hydrogen (secondary N) is 1. The maximum atomic E-state index is 13.0. The third-order valence-corrected chi connectivity index (χ3v) is 7.01. The Morgan fingerprint density at radius 1 is 1.26 bits per heavy atom. The number of pyridine rings is 1. The van der Waals surface area contributed by atoms with Crippen LogP contribution in [0.3, 0.4) is 0 Å². The number of aliphatic hydroxyl groups is 1. The van der Waals surface area contributed by atoms with Crippen LogP contribution in [0.25, 0.3) is 0 Å². The van der Waals surface area contributed by atoms with Crippen molar-refractivity contribution in [3.8, 4) is 5.75 Å². The van der Waals surface area contributed by atoms with Gasteiger partial charge in [0.05, 0.1) is 37.1 Å². The van der Waals surface area contributed by atoms with E-state index >= 15 is 0 Å². The number of ether oxygens (including phenoxy) is 3. The average molecular weight is 492 g/mol. The maximum Gasteiger partial charge on any atom is 0.290 e. The largest absolute Gasteiger partial charge is 0.497 e. The SMILES string of the molecule is COc1ccc(S(=O)(=O)N(CCO)CCO[C@H]2C[C@@H](C)C=C(C(=O)Nc3cccnc3)O2)cc1. The lowest BCUT2D eigenvalue weighted by Gasteiger charge is -2.28. The number of carbonyl (C=O) groups is 1. The summed E-state index contributed by atoms with van der Waals surface area (Å²) in [5, 5.41) is 12.1. The predicted molar refractivity (Wildman–Crippen MR) is 124 cm³/mol. The Kier molecular flexibility index (Phi) is 8.99. The van der Waals surface area contributed by atoms with Crippen molar-refractivity contribution in [3.63, 3.8) is 0 Å². The van der Waals surface area contributed by atoms with E-state index in [-0.39, 0.29) is 42.9 Å². The minimum atomic E-state index is -3.85. The summed E-state index contributed by atoms with van der Waals surface area (Å²) in [4.78, 5) is 16.6. The highest BCUT2D eigenvalue weighted by Gasteiger charge is 2.28. The fourth-order valence-corrected chi connectivity index (χ4v) is 4.78. The van der Waals surface area contributed by atoms with Gasteiger partial charge >= 0.3 is 0 Å². The molecule has 0 fully saturated rings. The van der Waals surface area contributed by atoms with Crippen LogP contribution in [0.5, 0.6) is 5.75 Å². The number of allylic oxidation sites excluding steroid dienone is 1. The van der Waals surface area contributed by atoms with Crippen molar-refractivity contribution >= 4 is 21.6 Å². The molecule has 1 aromatic carbocycles. The van der Waals surface area contributed by atoms with Crippen molar-refractivity contribution in [2.45, 2.75) is 24.5 Å². The van der Waals surface area contributed by atoms with Crippen LogP contribution < -0.4 is 10.1 Å². The number of rotatable bonds is 11. The second-order valence-corrected chi connectivity index (χ2v) is 9.60. The first-order valence-corrected chi connectivity index (χ1v) is 12.2. The van der Waals surface area contributed by atoms with Gasteiger partial charge in [-0.3, -0.25) is 9.78 Å². The van der Waals surface area contributed by atoms with Gasteiger partial charge in [0, 0.05) is 25.7 Å². The molecule has 0 aliphatic carbocycles. The lowest BCUT2D eigenvalue weighted by Crippen LogP contribution is -2.37. The molecule has 2 aromatic rings. The fourth-order valence-electron chi connectivity index (χ4n) is 3.37. The number of benzene rings is 1. The first kappa shape index (κ1) is 25.6. The fraction of sp³-hybridized carbons (Fsp3) is 0.391. The quantitative estimate of drug-likeness (QED) is 0.489. The molecule has 11 heteroatoms. The zero-order valence-electron chi connectivity index (χ0n) is 19.1. The first-order chi connectivity index (χ1) is 16.3. The van der Waals surface area contributed by atoms with Crippen molar-refractivity contribution in [1.82, 2.24) is 9.29 Å². The molecule has 3 rings (SSSR count). The Labute approximate surface area is 199 Å². The molecule has 2 N–H and O–H groups in total. The zero-order valence-corrected chi connectivity index (χ0v) is 19.9. The van der Waals surface area contributed by atoms with Crippen LogP contribution in [0.1, 0.15) is 13.3 Å². The van der Waals surface area contributed by atoms with Crippen LogP contribution in [-0.4, -0.2) is 68.4 Å². The number of sulfonamides is 1. The van der Waals surface area contributed by atoms with E-state index in [1.54, 1.807) is 36.5 Å². The summed E-state index contributed by atoms with van der Waals surface area (Å²) in [5.41, 5.74) is 0.538. The van der Waals surface area contributed by atoms with Gasteiger partial charge in [-0.15, -0.1) is 0 Å². The number of amides is 1. The summed E-state index contributed by atoms with van der Waals surface area (Å²) in [5.74, 6) is 0.267. The second-order valence-electron chi connectivity index (χ2n) is 7.66. The van der Waals surface area contributed by atoms with Crippen molar-refractivity contribution in [1.29, 1.82) is 0 Å². The first-order valence-electron chi connectivity index (χ1n) is 10.8. The molecule has 34 heavy (non-hydrogen) atoms. The summed E-state index contributed by atoms with van der Waals surface area (Å²) in [6.45, 7) is 1.53.